The van der Waals surface area contributed by atoms with Crippen molar-refractivity contribution in [1.82, 2.24) is 5.32 Å². The van der Waals surface area contributed by atoms with Gasteiger partial charge in [-0.2, -0.15) is 0 Å². The van der Waals surface area contributed by atoms with Crippen LogP contribution in [0.1, 0.15) is 38.1 Å². The highest BCUT2D eigenvalue weighted by Crippen LogP contribution is 2.11. The van der Waals surface area contributed by atoms with E-state index in [1.165, 1.54) is 12.1 Å². The quantitative estimate of drug-likeness (QED) is 0.798. The van der Waals surface area contributed by atoms with E-state index < -0.39 is 11.9 Å². The van der Waals surface area contributed by atoms with E-state index in [9.17, 15) is 9.18 Å². The number of halogens is 1. The average Bonchev–Trinajstić information content (AvgIpc) is 2.15. The summed E-state index contributed by atoms with van der Waals surface area (Å²) in [6, 6.07) is 5.67. The van der Waals surface area contributed by atoms with Crippen molar-refractivity contribution >= 4 is 5.78 Å². The number of Topliss-reactive ketones (excluding diaryl/α,β-unsaturated/α-hetero) is 1. The van der Waals surface area contributed by atoms with Crippen molar-refractivity contribution in [2.75, 3.05) is 0 Å². The zero-order chi connectivity index (χ0) is 12.3. The minimum absolute atomic E-state index is 0.145. The molecule has 0 amide bonds. The van der Waals surface area contributed by atoms with Crippen LogP contribution < -0.4 is 5.32 Å². The van der Waals surface area contributed by atoms with E-state index >= 15 is 0 Å². The number of hydrogen-bond acceptors (Lipinski definition) is 2. The van der Waals surface area contributed by atoms with Crippen molar-refractivity contribution in [2.24, 2.45) is 0 Å². The molecule has 1 N–H and O–H groups in total. The summed E-state index contributed by atoms with van der Waals surface area (Å²) in [5.74, 6) is -0.678. The molecule has 88 valence electrons. The first-order valence-electron chi connectivity index (χ1n) is 5.38. The van der Waals surface area contributed by atoms with Gasteiger partial charge in [-0.1, -0.05) is 12.1 Å². The van der Waals surface area contributed by atoms with Crippen molar-refractivity contribution in [3.8, 4) is 0 Å². The summed E-state index contributed by atoms with van der Waals surface area (Å²) in [6.45, 7) is 7.66. The predicted octanol–water partition coefficient (Wildman–Crippen LogP) is 2.79. The first-order chi connectivity index (χ1) is 7.31. The number of carbonyl (C=O) groups excluding carboxylic acids is 1. The second-order valence-electron chi connectivity index (χ2n) is 4.96. The SMILES string of the molecule is CC(NC(C)(C)C)C(=O)c1ccccc1F. The van der Waals surface area contributed by atoms with Gasteiger partial charge in [-0.25, -0.2) is 4.39 Å². The molecule has 0 aliphatic carbocycles. The maximum atomic E-state index is 13.4. The molecular formula is C13H18FNO. The standard InChI is InChI=1S/C13H18FNO/c1-9(15-13(2,3)4)12(16)10-7-5-6-8-11(10)14/h5-9,15H,1-4H3. The molecule has 0 aliphatic rings. The Kier molecular flexibility index (Phi) is 3.81. The Bertz CT molecular complexity index is 382. The Morgan fingerprint density at radius 3 is 2.38 bits per heavy atom. The molecule has 0 aliphatic heterocycles. The van der Waals surface area contributed by atoms with E-state index in [0.29, 0.717) is 0 Å². The summed E-state index contributed by atoms with van der Waals surface area (Å²) in [6.07, 6.45) is 0. The molecule has 0 bridgehead atoms. The lowest BCUT2D eigenvalue weighted by Gasteiger charge is -2.25. The molecule has 3 heteroatoms. The molecule has 1 rings (SSSR count). The third-order valence-corrected chi connectivity index (χ3v) is 2.18. The highest BCUT2D eigenvalue weighted by Gasteiger charge is 2.22. The van der Waals surface area contributed by atoms with Gasteiger partial charge in [0.25, 0.3) is 0 Å². The van der Waals surface area contributed by atoms with Crippen molar-refractivity contribution in [3.63, 3.8) is 0 Å². The summed E-state index contributed by atoms with van der Waals surface area (Å²) >= 11 is 0. The van der Waals surface area contributed by atoms with Crippen molar-refractivity contribution in [1.29, 1.82) is 0 Å². The van der Waals surface area contributed by atoms with Gasteiger partial charge in [0.05, 0.1) is 11.6 Å². The fourth-order valence-electron chi connectivity index (χ4n) is 1.61. The van der Waals surface area contributed by atoms with E-state index in [-0.39, 0.29) is 16.9 Å². The molecule has 1 atom stereocenters. The summed E-state index contributed by atoms with van der Waals surface area (Å²) < 4.78 is 13.4. The van der Waals surface area contributed by atoms with Crippen molar-refractivity contribution in [2.45, 2.75) is 39.3 Å². The second-order valence-corrected chi connectivity index (χ2v) is 4.96. The highest BCUT2D eigenvalue weighted by atomic mass is 19.1. The lowest BCUT2D eigenvalue weighted by Crippen LogP contribution is -2.46. The van der Waals surface area contributed by atoms with Crippen LogP contribution in [0.15, 0.2) is 24.3 Å². The normalized spacial score (nSPS) is 13.6. The molecular weight excluding hydrogens is 205 g/mol. The smallest absolute Gasteiger partial charge is 0.182 e. The number of hydrogen-bond donors (Lipinski definition) is 1. The van der Waals surface area contributed by atoms with Gasteiger partial charge in [0.1, 0.15) is 5.82 Å². The lowest BCUT2D eigenvalue weighted by atomic mass is 10.0. The van der Waals surface area contributed by atoms with Gasteiger partial charge >= 0.3 is 0 Å². The van der Waals surface area contributed by atoms with E-state index in [2.05, 4.69) is 5.32 Å². The number of rotatable bonds is 3. The van der Waals surface area contributed by atoms with Crippen LogP contribution in [0.25, 0.3) is 0 Å². The Labute approximate surface area is 95.9 Å². The Hall–Kier alpha value is -1.22. The number of carbonyl (C=O) groups is 1. The minimum atomic E-state index is -0.463. The number of benzene rings is 1. The van der Waals surface area contributed by atoms with Gasteiger partial charge in [-0.3, -0.25) is 4.79 Å². The van der Waals surface area contributed by atoms with Crippen LogP contribution in [-0.4, -0.2) is 17.4 Å². The van der Waals surface area contributed by atoms with E-state index in [1.807, 2.05) is 20.8 Å². The van der Waals surface area contributed by atoms with Gasteiger partial charge < -0.3 is 5.32 Å². The van der Waals surface area contributed by atoms with Crippen LogP contribution in [0.4, 0.5) is 4.39 Å². The summed E-state index contributed by atoms with van der Waals surface area (Å²) in [5.41, 5.74) is -0.0212. The van der Waals surface area contributed by atoms with Gasteiger partial charge in [0.15, 0.2) is 5.78 Å². The molecule has 0 fully saturated rings. The van der Waals surface area contributed by atoms with E-state index in [0.717, 1.165) is 0 Å². The monoisotopic (exact) mass is 223 g/mol. The lowest BCUT2D eigenvalue weighted by molar-refractivity contribution is 0.0931. The molecule has 16 heavy (non-hydrogen) atoms. The van der Waals surface area contributed by atoms with Crippen LogP contribution in [0.2, 0.25) is 0 Å². The van der Waals surface area contributed by atoms with E-state index in [4.69, 9.17) is 0 Å². The van der Waals surface area contributed by atoms with Gasteiger partial charge in [0.2, 0.25) is 0 Å². The Morgan fingerprint density at radius 1 is 1.31 bits per heavy atom. The van der Waals surface area contributed by atoms with Gasteiger partial charge in [-0.05, 0) is 39.8 Å². The summed E-state index contributed by atoms with van der Waals surface area (Å²) in [7, 11) is 0. The largest absolute Gasteiger partial charge is 0.303 e. The maximum Gasteiger partial charge on any atom is 0.182 e. The first kappa shape index (κ1) is 12.8. The third kappa shape index (κ3) is 3.42. The van der Waals surface area contributed by atoms with Crippen LogP contribution in [0.5, 0.6) is 0 Å². The van der Waals surface area contributed by atoms with Crippen LogP contribution in [0.3, 0.4) is 0 Å². The summed E-state index contributed by atoms with van der Waals surface area (Å²) in [5, 5.41) is 3.13. The van der Waals surface area contributed by atoms with Crippen LogP contribution in [-0.2, 0) is 0 Å². The zero-order valence-electron chi connectivity index (χ0n) is 10.2. The molecule has 0 spiro atoms. The van der Waals surface area contributed by atoms with Crippen LogP contribution in [0, 0.1) is 5.82 Å². The Morgan fingerprint density at radius 2 is 1.88 bits per heavy atom. The predicted molar refractivity (Wildman–Crippen MR) is 63.1 cm³/mol. The summed E-state index contributed by atoms with van der Waals surface area (Å²) in [4.78, 5) is 11.9. The molecule has 2 nitrogen and oxygen atoms in total. The van der Waals surface area contributed by atoms with Crippen molar-refractivity contribution in [3.05, 3.63) is 35.6 Å². The average molecular weight is 223 g/mol. The molecule has 0 radical (unpaired) electrons. The topological polar surface area (TPSA) is 29.1 Å². The highest BCUT2D eigenvalue weighted by molar-refractivity contribution is 6.00. The van der Waals surface area contributed by atoms with Gasteiger partial charge in [-0.15, -0.1) is 0 Å². The second kappa shape index (κ2) is 4.74. The molecule has 0 aromatic heterocycles. The molecule has 0 heterocycles. The first-order valence-corrected chi connectivity index (χ1v) is 5.38. The number of ketones is 1. The van der Waals surface area contributed by atoms with E-state index in [1.54, 1.807) is 19.1 Å². The van der Waals surface area contributed by atoms with Gasteiger partial charge in [0, 0.05) is 5.54 Å². The molecule has 1 aromatic rings. The zero-order valence-corrected chi connectivity index (χ0v) is 10.2. The molecule has 0 saturated carbocycles. The fourth-order valence-corrected chi connectivity index (χ4v) is 1.61. The third-order valence-electron chi connectivity index (χ3n) is 2.18. The van der Waals surface area contributed by atoms with Crippen LogP contribution >= 0.6 is 0 Å². The number of nitrogens with one attached hydrogen (secondary N) is 1. The molecule has 1 unspecified atom stereocenters. The van der Waals surface area contributed by atoms with Crippen molar-refractivity contribution < 1.29 is 9.18 Å². The molecule has 1 aromatic carbocycles. The minimum Gasteiger partial charge on any atom is -0.303 e. The maximum absolute atomic E-state index is 13.4. The Balaban J connectivity index is 2.83. The fraction of sp³-hybridized carbons (Fsp3) is 0.462. The molecule has 0 saturated heterocycles.